The van der Waals surface area contributed by atoms with E-state index in [0.717, 1.165) is 0 Å². The minimum Gasteiger partial charge on any atom is -0.444 e. The largest absolute Gasteiger partial charge is 0.444 e. The average molecular weight is 391 g/mol. The van der Waals surface area contributed by atoms with Crippen molar-refractivity contribution in [1.29, 1.82) is 0 Å². The summed E-state index contributed by atoms with van der Waals surface area (Å²) in [4.78, 5) is 11.9. The van der Waals surface area contributed by atoms with Gasteiger partial charge in [-0.15, -0.1) is 0 Å². The third-order valence-corrected chi connectivity index (χ3v) is 4.85. The van der Waals surface area contributed by atoms with Crippen LogP contribution < -0.4 is 5.32 Å². The number of hydrogen-bond acceptors (Lipinski definition) is 8. The van der Waals surface area contributed by atoms with Crippen molar-refractivity contribution < 1.29 is 39.4 Å². The van der Waals surface area contributed by atoms with Crippen LogP contribution >= 0.6 is 0 Å². The van der Waals surface area contributed by atoms with Gasteiger partial charge in [0.25, 0.3) is 0 Å². The van der Waals surface area contributed by atoms with Crippen molar-refractivity contribution in [1.82, 2.24) is 5.32 Å². The van der Waals surface area contributed by atoms with Crippen molar-refractivity contribution in [2.24, 2.45) is 5.92 Å². The third kappa shape index (κ3) is 6.27. The molecule has 1 saturated heterocycles. The van der Waals surface area contributed by atoms with Crippen molar-refractivity contribution in [2.75, 3.05) is 6.61 Å². The van der Waals surface area contributed by atoms with Crippen LogP contribution in [0.25, 0.3) is 0 Å². The Hall–Kier alpha value is -0.970. The number of carbonyl (C=O) groups excluding carboxylic acids is 1. The zero-order chi connectivity index (χ0) is 20.4. The summed E-state index contributed by atoms with van der Waals surface area (Å²) in [7, 11) is 0. The molecule has 8 unspecified atom stereocenters. The van der Waals surface area contributed by atoms with E-state index in [1.165, 1.54) is 0 Å². The molecule has 0 radical (unpaired) electrons. The van der Waals surface area contributed by atoms with E-state index in [2.05, 4.69) is 5.32 Å². The number of aliphatic hydroxyl groups excluding tert-OH is 4. The molecule has 0 aromatic heterocycles. The maximum atomic E-state index is 11.9. The van der Waals surface area contributed by atoms with Gasteiger partial charge in [0.05, 0.1) is 24.9 Å². The number of rotatable bonds is 4. The number of amides is 1. The maximum Gasteiger partial charge on any atom is 0.407 e. The summed E-state index contributed by atoms with van der Waals surface area (Å²) in [5.74, 6) is -0.121. The summed E-state index contributed by atoms with van der Waals surface area (Å²) in [6, 6.07) is -0.256. The number of nitrogens with one attached hydrogen (secondary N) is 1. The highest BCUT2D eigenvalue weighted by molar-refractivity contribution is 5.68. The molecule has 1 saturated carbocycles. The minimum atomic E-state index is -1.06. The molecule has 8 atom stereocenters. The molecule has 1 heterocycles. The van der Waals surface area contributed by atoms with Gasteiger partial charge in [-0.1, -0.05) is 6.92 Å². The molecule has 158 valence electrons. The van der Waals surface area contributed by atoms with Crippen LogP contribution in [0.1, 0.15) is 47.0 Å². The highest BCUT2D eigenvalue weighted by Gasteiger charge is 2.42. The van der Waals surface area contributed by atoms with Crippen molar-refractivity contribution in [3.63, 3.8) is 0 Å². The van der Waals surface area contributed by atoms with E-state index in [-0.39, 0.29) is 24.8 Å². The van der Waals surface area contributed by atoms with E-state index in [9.17, 15) is 25.2 Å². The molecule has 9 heteroatoms. The Kier molecular flexibility index (Phi) is 7.46. The maximum absolute atomic E-state index is 11.9. The first-order valence-electron chi connectivity index (χ1n) is 9.45. The first-order chi connectivity index (χ1) is 12.5. The molecule has 5 N–H and O–H groups in total. The zero-order valence-electron chi connectivity index (χ0n) is 16.4. The molecule has 27 heavy (non-hydrogen) atoms. The number of hydrogen-bond donors (Lipinski definition) is 5. The van der Waals surface area contributed by atoms with Crippen LogP contribution in [0, 0.1) is 5.92 Å². The monoisotopic (exact) mass is 391 g/mol. The summed E-state index contributed by atoms with van der Waals surface area (Å²) in [5, 5.41) is 42.4. The van der Waals surface area contributed by atoms with E-state index in [4.69, 9.17) is 14.2 Å². The molecule has 9 nitrogen and oxygen atoms in total. The van der Waals surface area contributed by atoms with E-state index < -0.39 is 55.1 Å². The Labute approximate surface area is 159 Å². The van der Waals surface area contributed by atoms with Crippen molar-refractivity contribution in [2.45, 2.75) is 95.4 Å². The van der Waals surface area contributed by atoms with Crippen LogP contribution in [0.2, 0.25) is 0 Å². The van der Waals surface area contributed by atoms with Gasteiger partial charge in [-0.3, -0.25) is 0 Å². The molecule has 1 aliphatic heterocycles. The minimum absolute atomic E-state index is 0.0237. The Morgan fingerprint density at radius 3 is 2.33 bits per heavy atom. The summed E-state index contributed by atoms with van der Waals surface area (Å²) >= 11 is 0. The second-order valence-electron chi connectivity index (χ2n) is 8.56. The lowest BCUT2D eigenvalue weighted by atomic mass is 9.82. The molecule has 2 rings (SSSR count). The van der Waals surface area contributed by atoms with Crippen LogP contribution in [0.3, 0.4) is 0 Å². The second-order valence-corrected chi connectivity index (χ2v) is 8.56. The standard InChI is InChI=1S/C18H33NO8/c1-9-5-10(19-17(24)27-18(2,3)4)6-12(22)15(9)26-16-13(23)7-11(21)14(8-20)25-16/h9-16,20-23H,5-8H2,1-4H3,(H,19,24). The smallest absolute Gasteiger partial charge is 0.407 e. The van der Waals surface area contributed by atoms with Crippen molar-refractivity contribution >= 4 is 6.09 Å². The lowest BCUT2D eigenvalue weighted by Gasteiger charge is -2.43. The molecule has 0 spiro atoms. The van der Waals surface area contributed by atoms with Gasteiger partial charge in [0.15, 0.2) is 6.29 Å². The number of alkyl carbamates (subject to hydrolysis) is 1. The first kappa shape index (κ1) is 22.3. The van der Waals surface area contributed by atoms with Crippen molar-refractivity contribution in [3.05, 3.63) is 0 Å². The van der Waals surface area contributed by atoms with Crippen molar-refractivity contribution in [3.8, 4) is 0 Å². The molecule has 1 aliphatic carbocycles. The normalized spacial score (nSPS) is 40.4. The quantitative estimate of drug-likeness (QED) is 0.447. The average Bonchev–Trinajstić information content (AvgIpc) is 2.50. The molecule has 0 aromatic rings. The number of carbonyl (C=O) groups is 1. The summed E-state index contributed by atoms with van der Waals surface area (Å²) in [5.41, 5.74) is -0.600. The predicted octanol–water partition coefficient (Wildman–Crippen LogP) is -0.115. The predicted molar refractivity (Wildman–Crippen MR) is 94.8 cm³/mol. The van der Waals surface area contributed by atoms with E-state index in [1.54, 1.807) is 20.8 Å². The van der Waals surface area contributed by atoms with Crippen LogP contribution in [-0.4, -0.2) is 81.6 Å². The first-order valence-corrected chi connectivity index (χ1v) is 9.45. The van der Waals surface area contributed by atoms with Crippen LogP contribution in [-0.2, 0) is 14.2 Å². The van der Waals surface area contributed by atoms with Gasteiger partial charge in [-0.2, -0.15) is 0 Å². The Morgan fingerprint density at radius 1 is 1.11 bits per heavy atom. The lowest BCUT2D eigenvalue weighted by Crippen LogP contribution is -2.55. The topological polar surface area (TPSA) is 138 Å². The van der Waals surface area contributed by atoms with Gasteiger partial charge in [0.1, 0.15) is 17.8 Å². The van der Waals surface area contributed by atoms with Crippen LogP contribution in [0.5, 0.6) is 0 Å². The van der Waals surface area contributed by atoms with E-state index >= 15 is 0 Å². The van der Waals surface area contributed by atoms with Gasteiger partial charge in [-0.25, -0.2) is 4.79 Å². The fourth-order valence-corrected chi connectivity index (χ4v) is 3.61. The fraction of sp³-hybridized carbons (Fsp3) is 0.944. The van der Waals surface area contributed by atoms with Gasteiger partial charge < -0.3 is 40.0 Å². The second kappa shape index (κ2) is 9.02. The Bertz CT molecular complexity index is 484. The lowest BCUT2D eigenvalue weighted by molar-refractivity contribution is -0.299. The summed E-state index contributed by atoms with van der Waals surface area (Å²) in [6.45, 7) is 6.82. The van der Waals surface area contributed by atoms with Crippen LogP contribution in [0.4, 0.5) is 4.79 Å². The molecular formula is C18H33NO8. The number of aliphatic hydroxyl groups is 4. The van der Waals surface area contributed by atoms with Gasteiger partial charge in [0, 0.05) is 12.5 Å². The fourth-order valence-electron chi connectivity index (χ4n) is 3.61. The van der Waals surface area contributed by atoms with Gasteiger partial charge in [-0.05, 0) is 39.5 Å². The zero-order valence-corrected chi connectivity index (χ0v) is 16.4. The third-order valence-electron chi connectivity index (χ3n) is 4.85. The Morgan fingerprint density at radius 2 is 1.78 bits per heavy atom. The SMILES string of the molecule is CC1CC(NC(=O)OC(C)(C)C)CC(O)C1OC1OC(CO)C(O)CC1O. The molecular weight excluding hydrogens is 358 g/mol. The summed E-state index contributed by atoms with van der Waals surface area (Å²) in [6.07, 6.45) is -5.04. The summed E-state index contributed by atoms with van der Waals surface area (Å²) < 4.78 is 16.5. The van der Waals surface area contributed by atoms with Crippen LogP contribution in [0.15, 0.2) is 0 Å². The molecule has 2 fully saturated rings. The van der Waals surface area contributed by atoms with E-state index in [0.29, 0.717) is 6.42 Å². The molecule has 2 aliphatic rings. The number of ether oxygens (including phenoxy) is 3. The molecule has 0 aromatic carbocycles. The van der Waals surface area contributed by atoms with Gasteiger partial charge in [0.2, 0.25) is 0 Å². The molecule has 1 amide bonds. The highest BCUT2D eigenvalue weighted by Crippen LogP contribution is 2.31. The molecule has 0 bridgehead atoms. The highest BCUT2D eigenvalue weighted by atomic mass is 16.7. The van der Waals surface area contributed by atoms with Gasteiger partial charge >= 0.3 is 6.09 Å². The Balaban J connectivity index is 1.90. The van der Waals surface area contributed by atoms with E-state index in [1.807, 2.05) is 6.92 Å².